The number of hydrogen-bond acceptors (Lipinski definition) is 2. The Morgan fingerprint density at radius 3 is 2.84 bits per heavy atom. The van der Waals surface area contributed by atoms with Crippen molar-refractivity contribution in [2.75, 3.05) is 0 Å². The number of nitrogen functional groups attached to an aromatic ring is 1. The molecule has 0 atom stereocenters. The number of aromatic nitrogens is 2. The summed E-state index contributed by atoms with van der Waals surface area (Å²) in [6.07, 6.45) is 1.87. The summed E-state index contributed by atoms with van der Waals surface area (Å²) < 4.78 is 1.95. The largest absolute Gasteiger partial charge is 0.384 e. The first-order chi connectivity index (χ1) is 9.24. The van der Waals surface area contributed by atoms with E-state index in [-0.39, 0.29) is 5.84 Å². The molecule has 4 heteroatoms. The first-order valence-electron chi connectivity index (χ1n) is 6.08. The first kappa shape index (κ1) is 11.5. The van der Waals surface area contributed by atoms with Crippen LogP contribution >= 0.6 is 0 Å². The fourth-order valence-corrected chi connectivity index (χ4v) is 2.16. The molecule has 0 radical (unpaired) electrons. The monoisotopic (exact) mass is 250 g/mol. The molecule has 1 aromatic heterocycles. The van der Waals surface area contributed by atoms with E-state index in [1.807, 2.05) is 53.3 Å². The second-order valence-electron chi connectivity index (χ2n) is 4.48. The highest BCUT2D eigenvalue weighted by molar-refractivity contribution is 5.95. The van der Waals surface area contributed by atoms with Gasteiger partial charge in [0, 0.05) is 10.9 Å². The lowest BCUT2D eigenvalue weighted by molar-refractivity contribution is 0.712. The van der Waals surface area contributed by atoms with Crippen molar-refractivity contribution in [3.05, 3.63) is 65.9 Å². The highest BCUT2D eigenvalue weighted by Gasteiger charge is 2.04. The lowest BCUT2D eigenvalue weighted by atomic mass is 10.1. The fourth-order valence-electron chi connectivity index (χ4n) is 2.16. The summed E-state index contributed by atoms with van der Waals surface area (Å²) in [5.74, 6) is 0.0900. The molecule has 1 heterocycles. The second kappa shape index (κ2) is 4.57. The Kier molecular flexibility index (Phi) is 2.76. The van der Waals surface area contributed by atoms with E-state index in [0.717, 1.165) is 22.0 Å². The van der Waals surface area contributed by atoms with Crippen LogP contribution in [0.25, 0.3) is 10.9 Å². The normalized spacial score (nSPS) is 10.7. The molecule has 0 aliphatic carbocycles. The smallest absolute Gasteiger partial charge is 0.122 e. The third-order valence-electron chi connectivity index (χ3n) is 3.12. The zero-order valence-electron chi connectivity index (χ0n) is 10.4. The van der Waals surface area contributed by atoms with Gasteiger partial charge in [-0.25, -0.2) is 0 Å². The first-order valence-corrected chi connectivity index (χ1v) is 6.08. The van der Waals surface area contributed by atoms with Crippen LogP contribution in [-0.4, -0.2) is 15.6 Å². The maximum Gasteiger partial charge on any atom is 0.122 e. The highest BCUT2D eigenvalue weighted by Crippen LogP contribution is 2.15. The molecule has 0 aliphatic rings. The maximum atomic E-state index is 7.47. The Morgan fingerprint density at radius 2 is 2.00 bits per heavy atom. The minimum absolute atomic E-state index is 0.0900. The summed E-state index contributed by atoms with van der Waals surface area (Å²) in [7, 11) is 0. The number of rotatable bonds is 3. The average molecular weight is 250 g/mol. The molecule has 4 nitrogen and oxygen atoms in total. The highest BCUT2D eigenvalue weighted by atomic mass is 15.3. The van der Waals surface area contributed by atoms with Gasteiger partial charge in [0.15, 0.2) is 0 Å². The van der Waals surface area contributed by atoms with Gasteiger partial charge in [-0.15, -0.1) is 0 Å². The molecule has 19 heavy (non-hydrogen) atoms. The number of nitrogens with zero attached hydrogens (tertiary/aromatic N) is 2. The van der Waals surface area contributed by atoms with Crippen LogP contribution in [-0.2, 0) is 6.54 Å². The van der Waals surface area contributed by atoms with E-state index in [4.69, 9.17) is 11.1 Å². The van der Waals surface area contributed by atoms with Crippen LogP contribution in [0.5, 0.6) is 0 Å². The van der Waals surface area contributed by atoms with Crippen molar-refractivity contribution < 1.29 is 0 Å². The molecule has 3 N–H and O–H groups in total. The number of amidine groups is 1. The molecule has 0 saturated heterocycles. The summed E-state index contributed by atoms with van der Waals surface area (Å²) in [6.45, 7) is 0.675. The van der Waals surface area contributed by atoms with Gasteiger partial charge < -0.3 is 5.73 Å². The molecule has 0 spiro atoms. The van der Waals surface area contributed by atoms with Gasteiger partial charge in [0.2, 0.25) is 0 Å². The van der Waals surface area contributed by atoms with Crippen molar-refractivity contribution in [1.29, 1.82) is 5.41 Å². The molecule has 3 rings (SSSR count). The average Bonchev–Trinajstić information content (AvgIpc) is 2.83. The van der Waals surface area contributed by atoms with Gasteiger partial charge in [-0.05, 0) is 17.7 Å². The minimum atomic E-state index is 0.0900. The molecule has 0 fully saturated rings. The summed E-state index contributed by atoms with van der Waals surface area (Å²) in [5, 5.41) is 13.0. The topological polar surface area (TPSA) is 67.7 Å². The summed E-state index contributed by atoms with van der Waals surface area (Å²) in [5.41, 5.74) is 8.44. The number of nitrogens with one attached hydrogen (secondary N) is 1. The SMILES string of the molecule is N=C(N)c1cccc(Cn2ncc3ccccc32)c1. The van der Waals surface area contributed by atoms with Crippen LogP contribution in [0, 0.1) is 5.41 Å². The van der Waals surface area contributed by atoms with Crippen molar-refractivity contribution in [1.82, 2.24) is 9.78 Å². The van der Waals surface area contributed by atoms with Gasteiger partial charge in [0.25, 0.3) is 0 Å². The Hall–Kier alpha value is -2.62. The number of nitrogens with two attached hydrogens (primary N) is 1. The van der Waals surface area contributed by atoms with Gasteiger partial charge in [-0.2, -0.15) is 5.10 Å². The zero-order valence-corrected chi connectivity index (χ0v) is 10.4. The molecule has 0 bridgehead atoms. The second-order valence-corrected chi connectivity index (χ2v) is 4.48. The van der Waals surface area contributed by atoms with Crippen molar-refractivity contribution in [3.63, 3.8) is 0 Å². The van der Waals surface area contributed by atoms with Gasteiger partial charge in [0.05, 0.1) is 18.3 Å². The Morgan fingerprint density at radius 1 is 1.16 bits per heavy atom. The number of hydrogen-bond donors (Lipinski definition) is 2. The molecule has 2 aromatic carbocycles. The van der Waals surface area contributed by atoms with Crippen LogP contribution in [0.3, 0.4) is 0 Å². The van der Waals surface area contributed by atoms with E-state index in [1.165, 1.54) is 0 Å². The zero-order chi connectivity index (χ0) is 13.2. The third kappa shape index (κ3) is 2.20. The van der Waals surface area contributed by atoms with Gasteiger partial charge in [-0.1, -0.05) is 36.4 Å². The van der Waals surface area contributed by atoms with Gasteiger partial charge in [0.1, 0.15) is 5.84 Å². The van der Waals surface area contributed by atoms with Crippen LogP contribution < -0.4 is 5.73 Å². The van der Waals surface area contributed by atoms with Crippen LogP contribution in [0.15, 0.2) is 54.7 Å². The Bertz CT molecular complexity index is 742. The van der Waals surface area contributed by atoms with Gasteiger partial charge >= 0.3 is 0 Å². The summed E-state index contributed by atoms with van der Waals surface area (Å²) in [6, 6.07) is 15.8. The number of para-hydroxylation sites is 1. The predicted octanol–water partition coefficient (Wildman–Crippen LogP) is 2.37. The fraction of sp³-hybridized carbons (Fsp3) is 0.0667. The predicted molar refractivity (Wildman–Crippen MR) is 76.3 cm³/mol. The van der Waals surface area contributed by atoms with Crippen LogP contribution in [0.2, 0.25) is 0 Å². The molecular weight excluding hydrogens is 236 g/mol. The minimum Gasteiger partial charge on any atom is -0.384 e. The standard InChI is InChI=1S/C15H14N4/c16-15(17)12-6-3-4-11(8-12)10-19-14-7-2-1-5-13(14)9-18-19/h1-9H,10H2,(H3,16,17). The van der Waals surface area contributed by atoms with E-state index in [9.17, 15) is 0 Å². The Balaban J connectivity index is 1.97. The molecule has 0 aliphatic heterocycles. The molecule has 3 aromatic rings. The maximum absolute atomic E-state index is 7.47. The van der Waals surface area contributed by atoms with E-state index < -0.39 is 0 Å². The van der Waals surface area contributed by atoms with E-state index in [2.05, 4.69) is 11.2 Å². The summed E-state index contributed by atoms with van der Waals surface area (Å²) >= 11 is 0. The third-order valence-corrected chi connectivity index (χ3v) is 3.12. The Labute approximate surface area is 111 Å². The van der Waals surface area contributed by atoms with Crippen molar-refractivity contribution >= 4 is 16.7 Å². The van der Waals surface area contributed by atoms with Gasteiger partial charge in [-0.3, -0.25) is 10.1 Å². The number of fused-ring (bicyclic) bond motifs is 1. The van der Waals surface area contributed by atoms with E-state index >= 15 is 0 Å². The quantitative estimate of drug-likeness (QED) is 0.553. The van der Waals surface area contributed by atoms with Crippen molar-refractivity contribution in [2.24, 2.45) is 5.73 Å². The van der Waals surface area contributed by atoms with Crippen LogP contribution in [0.1, 0.15) is 11.1 Å². The number of benzene rings is 2. The molecule has 0 saturated carbocycles. The van der Waals surface area contributed by atoms with E-state index in [1.54, 1.807) is 0 Å². The molecule has 0 unspecified atom stereocenters. The lowest BCUT2D eigenvalue weighted by Crippen LogP contribution is -2.11. The molecular formula is C15H14N4. The molecule has 94 valence electrons. The lowest BCUT2D eigenvalue weighted by Gasteiger charge is -2.06. The summed E-state index contributed by atoms with van der Waals surface area (Å²) in [4.78, 5) is 0. The van der Waals surface area contributed by atoms with Crippen LogP contribution in [0.4, 0.5) is 0 Å². The van der Waals surface area contributed by atoms with Crippen molar-refractivity contribution in [2.45, 2.75) is 6.54 Å². The van der Waals surface area contributed by atoms with E-state index in [0.29, 0.717) is 6.54 Å². The van der Waals surface area contributed by atoms with Crippen molar-refractivity contribution in [3.8, 4) is 0 Å². The molecule has 0 amide bonds.